The first kappa shape index (κ1) is 15.0. The lowest BCUT2D eigenvalue weighted by Crippen LogP contribution is -2.35. The topological polar surface area (TPSA) is 55.3 Å². The van der Waals surface area contributed by atoms with Crippen molar-refractivity contribution in [3.63, 3.8) is 0 Å². The van der Waals surface area contributed by atoms with Gasteiger partial charge in [0.05, 0.1) is 23.4 Å². The van der Waals surface area contributed by atoms with Crippen LogP contribution >= 0.6 is 11.3 Å². The Balaban J connectivity index is 1.79. The van der Waals surface area contributed by atoms with Crippen LogP contribution in [-0.4, -0.2) is 36.1 Å². The molecule has 0 radical (unpaired) electrons. The molecule has 1 atom stereocenters. The molecule has 2 aromatic rings. The van der Waals surface area contributed by atoms with Crippen LogP contribution in [0.2, 0.25) is 0 Å². The number of carbonyl (C=O) groups is 1. The average Bonchev–Trinajstić information content (AvgIpc) is 3.09. The van der Waals surface area contributed by atoms with E-state index in [0.29, 0.717) is 17.2 Å². The van der Waals surface area contributed by atoms with Crippen LogP contribution in [0, 0.1) is 6.92 Å². The predicted octanol–water partition coefficient (Wildman–Crippen LogP) is 3.02. The van der Waals surface area contributed by atoms with Gasteiger partial charge in [0.25, 0.3) is 0 Å². The minimum absolute atomic E-state index is 0.337. The van der Waals surface area contributed by atoms with Crippen molar-refractivity contribution in [3.8, 4) is 0 Å². The molecule has 1 saturated heterocycles. The maximum Gasteiger partial charge on any atom is 0.339 e. The molecule has 0 saturated carbocycles. The molecule has 1 aliphatic rings. The summed E-state index contributed by atoms with van der Waals surface area (Å²) in [4.78, 5) is 23.0. The number of anilines is 1. The summed E-state index contributed by atoms with van der Waals surface area (Å²) < 4.78 is 4.77. The summed E-state index contributed by atoms with van der Waals surface area (Å²) in [5.74, 6) is 1.05. The maximum atomic E-state index is 11.6. The SMILES string of the molecule is COC(=O)c1ccc(N2CCC[C@@H](c3nccs3)C2)nc1C. The quantitative estimate of drug-likeness (QED) is 0.815. The standard InChI is InChI=1S/C16H19N3O2S/c1-11-13(16(20)21-2)5-6-14(18-11)19-8-3-4-12(10-19)15-17-7-9-22-15/h5-7,9,12H,3-4,8,10H2,1-2H3/t12-/m1/s1. The number of thiazole rings is 1. The largest absolute Gasteiger partial charge is 0.465 e. The Kier molecular flexibility index (Phi) is 4.38. The third kappa shape index (κ3) is 2.97. The van der Waals surface area contributed by atoms with Gasteiger partial charge in [-0.15, -0.1) is 11.3 Å². The molecule has 3 heterocycles. The van der Waals surface area contributed by atoms with Crippen molar-refractivity contribution in [2.45, 2.75) is 25.7 Å². The Morgan fingerprint density at radius 3 is 3.00 bits per heavy atom. The Morgan fingerprint density at radius 1 is 1.45 bits per heavy atom. The second kappa shape index (κ2) is 6.44. The van der Waals surface area contributed by atoms with E-state index in [2.05, 4.69) is 14.9 Å². The zero-order chi connectivity index (χ0) is 15.5. The van der Waals surface area contributed by atoms with Crippen LogP contribution in [-0.2, 0) is 4.74 Å². The Bertz CT molecular complexity index is 657. The summed E-state index contributed by atoms with van der Waals surface area (Å²) in [6.07, 6.45) is 4.17. The Morgan fingerprint density at radius 2 is 2.32 bits per heavy atom. The number of piperidine rings is 1. The van der Waals surface area contributed by atoms with E-state index in [1.165, 1.54) is 18.5 Å². The zero-order valence-corrected chi connectivity index (χ0v) is 13.6. The predicted molar refractivity (Wildman–Crippen MR) is 86.6 cm³/mol. The number of hydrogen-bond acceptors (Lipinski definition) is 6. The Hall–Kier alpha value is -1.95. The van der Waals surface area contributed by atoms with Gasteiger partial charge in [-0.05, 0) is 31.9 Å². The van der Waals surface area contributed by atoms with E-state index >= 15 is 0 Å². The summed E-state index contributed by atoms with van der Waals surface area (Å²) in [7, 11) is 1.39. The van der Waals surface area contributed by atoms with Crippen LogP contribution in [0.25, 0.3) is 0 Å². The fraction of sp³-hybridized carbons (Fsp3) is 0.438. The van der Waals surface area contributed by atoms with E-state index in [1.807, 2.05) is 24.6 Å². The van der Waals surface area contributed by atoms with Crippen molar-refractivity contribution >= 4 is 23.1 Å². The van der Waals surface area contributed by atoms with Gasteiger partial charge in [0.2, 0.25) is 0 Å². The number of carbonyl (C=O) groups excluding carboxylic acids is 1. The molecule has 0 bridgehead atoms. The lowest BCUT2D eigenvalue weighted by atomic mass is 9.98. The number of rotatable bonds is 3. The molecule has 116 valence electrons. The van der Waals surface area contributed by atoms with Crippen LogP contribution in [0.4, 0.5) is 5.82 Å². The van der Waals surface area contributed by atoms with Crippen molar-refractivity contribution < 1.29 is 9.53 Å². The first-order chi connectivity index (χ1) is 10.7. The van der Waals surface area contributed by atoms with Gasteiger partial charge in [0.15, 0.2) is 0 Å². The molecule has 0 N–H and O–H groups in total. The zero-order valence-electron chi connectivity index (χ0n) is 12.8. The van der Waals surface area contributed by atoms with Crippen molar-refractivity contribution in [2.75, 3.05) is 25.1 Å². The van der Waals surface area contributed by atoms with Crippen molar-refractivity contribution in [1.29, 1.82) is 0 Å². The van der Waals surface area contributed by atoms with Gasteiger partial charge in [-0.3, -0.25) is 0 Å². The van der Waals surface area contributed by atoms with E-state index < -0.39 is 0 Å². The number of nitrogens with zero attached hydrogens (tertiary/aromatic N) is 3. The molecule has 0 unspecified atom stereocenters. The second-order valence-corrected chi connectivity index (χ2v) is 6.38. The number of ether oxygens (including phenoxy) is 1. The van der Waals surface area contributed by atoms with Crippen molar-refractivity contribution in [3.05, 3.63) is 40.0 Å². The third-order valence-electron chi connectivity index (χ3n) is 4.02. The lowest BCUT2D eigenvalue weighted by Gasteiger charge is -2.33. The molecule has 2 aromatic heterocycles. The van der Waals surface area contributed by atoms with Crippen LogP contribution < -0.4 is 4.90 Å². The summed E-state index contributed by atoms with van der Waals surface area (Å²) in [5.41, 5.74) is 1.24. The molecule has 22 heavy (non-hydrogen) atoms. The Labute approximate surface area is 134 Å². The molecule has 6 heteroatoms. The molecule has 1 aliphatic heterocycles. The number of aromatic nitrogens is 2. The van der Waals surface area contributed by atoms with Crippen LogP contribution in [0.5, 0.6) is 0 Å². The van der Waals surface area contributed by atoms with Crippen molar-refractivity contribution in [1.82, 2.24) is 9.97 Å². The van der Waals surface area contributed by atoms with E-state index in [0.717, 1.165) is 25.3 Å². The highest BCUT2D eigenvalue weighted by atomic mass is 32.1. The summed E-state index contributed by atoms with van der Waals surface area (Å²) >= 11 is 1.72. The fourth-order valence-electron chi connectivity index (χ4n) is 2.87. The van der Waals surface area contributed by atoms with Gasteiger partial charge >= 0.3 is 5.97 Å². The van der Waals surface area contributed by atoms with Crippen molar-refractivity contribution in [2.24, 2.45) is 0 Å². The van der Waals surface area contributed by atoms with Gasteiger partial charge in [-0.2, -0.15) is 0 Å². The summed E-state index contributed by atoms with van der Waals surface area (Å²) in [6.45, 7) is 3.77. The van der Waals surface area contributed by atoms with Gasteiger partial charge in [-0.1, -0.05) is 0 Å². The smallest absolute Gasteiger partial charge is 0.339 e. The first-order valence-corrected chi connectivity index (χ1v) is 8.27. The van der Waals surface area contributed by atoms with Gasteiger partial charge in [0.1, 0.15) is 5.82 Å². The monoisotopic (exact) mass is 317 g/mol. The molecule has 0 amide bonds. The number of aryl methyl sites for hydroxylation is 1. The first-order valence-electron chi connectivity index (χ1n) is 7.39. The van der Waals surface area contributed by atoms with Crippen LogP contribution in [0.15, 0.2) is 23.7 Å². The normalized spacial score (nSPS) is 18.3. The molecule has 0 aromatic carbocycles. The lowest BCUT2D eigenvalue weighted by molar-refractivity contribution is 0.0599. The molecule has 0 spiro atoms. The number of esters is 1. The molecular weight excluding hydrogens is 298 g/mol. The van der Waals surface area contributed by atoms with Crippen LogP contribution in [0.1, 0.15) is 39.8 Å². The maximum absolute atomic E-state index is 11.6. The van der Waals surface area contributed by atoms with E-state index in [4.69, 9.17) is 4.74 Å². The van der Waals surface area contributed by atoms with E-state index in [1.54, 1.807) is 17.4 Å². The van der Waals surface area contributed by atoms with Gasteiger partial charge in [-0.25, -0.2) is 14.8 Å². The minimum Gasteiger partial charge on any atom is -0.465 e. The molecule has 3 rings (SSSR count). The molecule has 0 aliphatic carbocycles. The highest BCUT2D eigenvalue weighted by molar-refractivity contribution is 7.09. The molecule has 1 fully saturated rings. The average molecular weight is 317 g/mol. The molecular formula is C16H19N3O2S. The number of methoxy groups -OCH3 is 1. The third-order valence-corrected chi connectivity index (χ3v) is 4.96. The molecule has 5 nitrogen and oxygen atoms in total. The number of pyridine rings is 1. The summed E-state index contributed by atoms with van der Waals surface area (Å²) in [6, 6.07) is 3.71. The highest BCUT2D eigenvalue weighted by Gasteiger charge is 2.24. The second-order valence-electron chi connectivity index (χ2n) is 5.45. The van der Waals surface area contributed by atoms with E-state index in [-0.39, 0.29) is 5.97 Å². The summed E-state index contributed by atoms with van der Waals surface area (Å²) in [5, 5.41) is 3.23. The number of hydrogen-bond donors (Lipinski definition) is 0. The van der Waals surface area contributed by atoms with Gasteiger partial charge < -0.3 is 9.64 Å². The van der Waals surface area contributed by atoms with Crippen LogP contribution in [0.3, 0.4) is 0 Å². The minimum atomic E-state index is -0.337. The fourth-order valence-corrected chi connectivity index (χ4v) is 3.64. The van der Waals surface area contributed by atoms with E-state index in [9.17, 15) is 4.79 Å². The van der Waals surface area contributed by atoms with Gasteiger partial charge in [0, 0.05) is 30.6 Å². The highest BCUT2D eigenvalue weighted by Crippen LogP contribution is 2.30.